The Morgan fingerprint density at radius 1 is 0.950 bits per heavy atom. The van der Waals surface area contributed by atoms with Crippen molar-refractivity contribution in [1.82, 2.24) is 14.5 Å². The molecule has 4 aromatic rings. The van der Waals surface area contributed by atoms with E-state index in [1.807, 2.05) is 30.3 Å². The summed E-state index contributed by atoms with van der Waals surface area (Å²) in [6.45, 7) is 7.13. The summed E-state index contributed by atoms with van der Waals surface area (Å²) in [5.74, 6) is -1.26. The maximum Gasteiger partial charge on any atom is 0.341 e. The maximum absolute atomic E-state index is 12.7. The van der Waals surface area contributed by atoms with E-state index in [9.17, 15) is 14.7 Å². The van der Waals surface area contributed by atoms with E-state index >= 15 is 0 Å². The molecule has 0 unspecified atom stereocenters. The summed E-state index contributed by atoms with van der Waals surface area (Å²) >= 11 is 0. The standard InChI is InChI=1S/C30H33N5O5/c1-39-17-16-32-12-14-34(15-13-32)30-31-25-9-8-23(18-28(25)40-30)35-20-24(29(37)38)27(36)19-26(35)21-4-6-22(7-5-21)33-10-2-3-11-33/h4-9,18-20H,2-3,10-17H2,1H3,(H,37,38). The van der Waals surface area contributed by atoms with E-state index in [4.69, 9.17) is 14.1 Å². The van der Waals surface area contributed by atoms with Gasteiger partial charge in [0.15, 0.2) is 11.0 Å². The number of carboxylic acid groups (broad SMARTS) is 1. The number of carbonyl (C=O) groups is 1. The van der Waals surface area contributed by atoms with Crippen LogP contribution in [0.2, 0.25) is 0 Å². The van der Waals surface area contributed by atoms with Crippen molar-refractivity contribution in [1.29, 1.82) is 0 Å². The summed E-state index contributed by atoms with van der Waals surface area (Å²) in [5.41, 5.74) is 3.75. The lowest BCUT2D eigenvalue weighted by atomic mass is 10.1. The van der Waals surface area contributed by atoms with E-state index in [0.29, 0.717) is 29.6 Å². The van der Waals surface area contributed by atoms with Crippen molar-refractivity contribution in [3.63, 3.8) is 0 Å². The summed E-state index contributed by atoms with van der Waals surface area (Å²) in [4.78, 5) is 36.1. The third-order valence-corrected chi connectivity index (χ3v) is 7.81. The molecule has 1 N–H and O–H groups in total. The molecule has 0 saturated carbocycles. The minimum atomic E-state index is -1.26. The Bertz CT molecular complexity index is 1560. The van der Waals surface area contributed by atoms with E-state index < -0.39 is 11.4 Å². The Hall–Kier alpha value is -4.15. The van der Waals surface area contributed by atoms with Crippen LogP contribution in [0.3, 0.4) is 0 Å². The largest absolute Gasteiger partial charge is 0.477 e. The second-order valence-electron chi connectivity index (χ2n) is 10.3. The number of ether oxygens (including phenoxy) is 1. The zero-order valence-electron chi connectivity index (χ0n) is 22.6. The van der Waals surface area contributed by atoms with Crippen molar-refractivity contribution < 1.29 is 19.1 Å². The molecular weight excluding hydrogens is 510 g/mol. The molecule has 4 heterocycles. The highest BCUT2D eigenvalue weighted by atomic mass is 16.5. The van der Waals surface area contributed by atoms with E-state index in [0.717, 1.165) is 62.6 Å². The number of rotatable bonds is 8. The van der Waals surface area contributed by atoms with Crippen LogP contribution < -0.4 is 15.2 Å². The molecule has 0 bridgehead atoms. The number of nitrogens with zero attached hydrogens (tertiary/aromatic N) is 5. The average molecular weight is 544 g/mol. The van der Waals surface area contributed by atoms with Gasteiger partial charge in [0.2, 0.25) is 0 Å². The molecule has 2 aliphatic heterocycles. The maximum atomic E-state index is 12.7. The normalized spacial score (nSPS) is 16.2. The highest BCUT2D eigenvalue weighted by molar-refractivity contribution is 5.88. The highest BCUT2D eigenvalue weighted by Gasteiger charge is 2.22. The summed E-state index contributed by atoms with van der Waals surface area (Å²) in [6, 6.07) is 15.6. The minimum absolute atomic E-state index is 0.290. The molecule has 2 aliphatic rings. The number of piperazine rings is 1. The third-order valence-electron chi connectivity index (χ3n) is 7.81. The lowest BCUT2D eigenvalue weighted by Crippen LogP contribution is -2.47. The lowest BCUT2D eigenvalue weighted by Gasteiger charge is -2.33. The zero-order chi connectivity index (χ0) is 27.6. The molecule has 40 heavy (non-hydrogen) atoms. The van der Waals surface area contributed by atoms with Crippen LogP contribution in [-0.4, -0.2) is 85.1 Å². The van der Waals surface area contributed by atoms with Gasteiger partial charge >= 0.3 is 5.97 Å². The number of anilines is 2. The third kappa shape index (κ3) is 5.20. The number of methoxy groups -OCH3 is 1. The minimum Gasteiger partial charge on any atom is -0.477 e. The van der Waals surface area contributed by atoms with Gasteiger partial charge < -0.3 is 28.6 Å². The second-order valence-corrected chi connectivity index (χ2v) is 10.3. The van der Waals surface area contributed by atoms with Crippen molar-refractivity contribution in [2.24, 2.45) is 0 Å². The summed E-state index contributed by atoms with van der Waals surface area (Å²) < 4.78 is 13.1. The Morgan fingerprint density at radius 2 is 1.68 bits per heavy atom. The Labute approximate surface area is 232 Å². The number of pyridine rings is 1. The van der Waals surface area contributed by atoms with Gasteiger partial charge in [0.05, 0.1) is 12.3 Å². The number of benzene rings is 2. The van der Waals surface area contributed by atoms with Crippen LogP contribution in [0.1, 0.15) is 23.2 Å². The number of aromatic nitrogens is 2. The molecule has 0 atom stereocenters. The summed E-state index contributed by atoms with van der Waals surface area (Å²) in [6.07, 6.45) is 3.77. The quantitative estimate of drug-likeness (QED) is 0.356. The molecule has 0 radical (unpaired) electrons. The number of fused-ring (bicyclic) bond motifs is 1. The van der Waals surface area contributed by atoms with Crippen LogP contribution in [0.4, 0.5) is 11.7 Å². The van der Waals surface area contributed by atoms with Crippen molar-refractivity contribution in [2.75, 3.05) is 69.3 Å². The first-order valence-corrected chi connectivity index (χ1v) is 13.7. The smallest absolute Gasteiger partial charge is 0.341 e. The predicted octanol–water partition coefficient (Wildman–Crippen LogP) is 3.71. The van der Waals surface area contributed by atoms with Gasteiger partial charge in [0, 0.05) is 82.6 Å². The molecule has 10 heteroatoms. The summed E-state index contributed by atoms with van der Waals surface area (Å²) in [7, 11) is 1.72. The molecule has 6 rings (SSSR count). The molecule has 208 valence electrons. The second kappa shape index (κ2) is 11.1. The van der Waals surface area contributed by atoms with E-state index in [1.165, 1.54) is 25.1 Å². The molecule has 2 fully saturated rings. The van der Waals surface area contributed by atoms with E-state index in [2.05, 4.69) is 26.8 Å². The van der Waals surface area contributed by atoms with Crippen molar-refractivity contribution in [3.05, 3.63) is 70.5 Å². The fourth-order valence-corrected chi connectivity index (χ4v) is 5.52. The Kier molecular flexibility index (Phi) is 7.27. The number of hydrogen-bond donors (Lipinski definition) is 1. The van der Waals surface area contributed by atoms with Gasteiger partial charge in [-0.05, 0) is 42.7 Å². The monoisotopic (exact) mass is 543 g/mol. The van der Waals surface area contributed by atoms with E-state index in [1.54, 1.807) is 11.7 Å². The van der Waals surface area contributed by atoms with Crippen LogP contribution in [0, 0.1) is 0 Å². The molecular formula is C30H33N5O5. The van der Waals surface area contributed by atoms with Crippen molar-refractivity contribution in [3.8, 4) is 16.9 Å². The molecule has 2 saturated heterocycles. The molecule has 0 aliphatic carbocycles. The van der Waals surface area contributed by atoms with Gasteiger partial charge in [0.25, 0.3) is 6.01 Å². The predicted molar refractivity (Wildman–Crippen MR) is 154 cm³/mol. The molecule has 10 nitrogen and oxygen atoms in total. The van der Waals surface area contributed by atoms with Gasteiger partial charge in [-0.15, -0.1) is 0 Å². The van der Waals surface area contributed by atoms with Gasteiger partial charge in [-0.3, -0.25) is 9.69 Å². The summed E-state index contributed by atoms with van der Waals surface area (Å²) in [5, 5.41) is 9.68. The van der Waals surface area contributed by atoms with Gasteiger partial charge in [-0.1, -0.05) is 12.1 Å². The molecule has 0 spiro atoms. The van der Waals surface area contributed by atoms with Gasteiger partial charge in [-0.25, -0.2) is 4.79 Å². The first kappa shape index (κ1) is 26.1. The van der Waals surface area contributed by atoms with Crippen LogP contribution >= 0.6 is 0 Å². The number of carboxylic acids is 1. The Balaban J connectivity index is 1.33. The van der Waals surface area contributed by atoms with Crippen molar-refractivity contribution in [2.45, 2.75) is 12.8 Å². The van der Waals surface area contributed by atoms with Crippen LogP contribution in [0.15, 0.2) is 63.9 Å². The first-order valence-electron chi connectivity index (χ1n) is 13.7. The average Bonchev–Trinajstić information content (AvgIpc) is 3.66. The Morgan fingerprint density at radius 3 is 2.38 bits per heavy atom. The number of aromatic carboxylic acids is 1. The van der Waals surface area contributed by atoms with Gasteiger partial charge in [-0.2, -0.15) is 4.98 Å². The molecule has 2 aromatic carbocycles. The molecule has 2 aromatic heterocycles. The number of oxazole rings is 1. The van der Waals surface area contributed by atoms with Crippen molar-refractivity contribution >= 4 is 28.8 Å². The zero-order valence-corrected chi connectivity index (χ0v) is 22.6. The lowest BCUT2D eigenvalue weighted by molar-refractivity contribution is 0.0695. The van der Waals surface area contributed by atoms with Gasteiger partial charge in [0.1, 0.15) is 11.1 Å². The molecule has 0 amide bonds. The first-order chi connectivity index (χ1) is 19.5. The van der Waals surface area contributed by atoms with Crippen LogP contribution in [0.5, 0.6) is 0 Å². The van der Waals surface area contributed by atoms with Crippen LogP contribution in [-0.2, 0) is 4.74 Å². The SMILES string of the molecule is COCCN1CCN(c2nc3ccc(-n4cc(C(=O)O)c(=O)cc4-c4ccc(N5CCCC5)cc4)cc3o2)CC1. The fourth-order valence-electron chi connectivity index (χ4n) is 5.52. The van der Waals surface area contributed by atoms with Crippen LogP contribution in [0.25, 0.3) is 28.0 Å². The number of hydrogen-bond acceptors (Lipinski definition) is 8. The van der Waals surface area contributed by atoms with E-state index in [-0.39, 0.29) is 5.56 Å². The topological polar surface area (TPSA) is 104 Å². The highest BCUT2D eigenvalue weighted by Crippen LogP contribution is 2.30. The fraction of sp³-hybridized carbons (Fsp3) is 0.367.